The maximum absolute atomic E-state index is 12.6. The van der Waals surface area contributed by atoms with E-state index in [1.54, 1.807) is 0 Å². The zero-order valence-electron chi connectivity index (χ0n) is 11.8. The number of alkyl halides is 3. The summed E-state index contributed by atoms with van der Waals surface area (Å²) in [7, 11) is 0. The van der Waals surface area contributed by atoms with Crippen molar-refractivity contribution in [3.63, 3.8) is 0 Å². The highest BCUT2D eigenvalue weighted by Crippen LogP contribution is 2.29. The van der Waals surface area contributed by atoms with Crippen LogP contribution in [0, 0.1) is 5.92 Å². The molecule has 1 unspecified atom stereocenters. The van der Waals surface area contributed by atoms with Gasteiger partial charge in [-0.1, -0.05) is 6.07 Å². The smallest absolute Gasteiger partial charge is 0.349 e. The zero-order valence-corrected chi connectivity index (χ0v) is 11.8. The van der Waals surface area contributed by atoms with Gasteiger partial charge in [-0.15, -0.1) is 0 Å². The van der Waals surface area contributed by atoms with E-state index in [2.05, 4.69) is 10.6 Å². The van der Waals surface area contributed by atoms with Gasteiger partial charge in [-0.3, -0.25) is 4.79 Å². The van der Waals surface area contributed by atoms with Crippen molar-refractivity contribution in [2.45, 2.75) is 32.0 Å². The van der Waals surface area contributed by atoms with Crippen LogP contribution in [0.2, 0.25) is 0 Å². The maximum atomic E-state index is 12.6. The number of halogens is 3. The Morgan fingerprint density at radius 3 is 2.62 bits per heavy atom. The summed E-state index contributed by atoms with van der Waals surface area (Å²) in [6, 6.07) is 4.47. The molecule has 1 saturated heterocycles. The lowest BCUT2D eigenvalue weighted by molar-refractivity contribution is -0.137. The molecule has 1 aromatic carbocycles. The van der Waals surface area contributed by atoms with Crippen LogP contribution in [-0.4, -0.2) is 25.0 Å². The van der Waals surface area contributed by atoms with Crippen LogP contribution in [0.4, 0.5) is 13.2 Å². The summed E-state index contributed by atoms with van der Waals surface area (Å²) >= 11 is 0. The predicted octanol–water partition coefficient (Wildman–Crippen LogP) is 2.82. The summed E-state index contributed by atoms with van der Waals surface area (Å²) < 4.78 is 37.9. The van der Waals surface area contributed by atoms with Crippen LogP contribution in [0.5, 0.6) is 0 Å². The molecule has 0 saturated carbocycles. The number of carbonyl (C=O) groups excluding carboxylic acids is 1. The molecule has 0 aliphatic carbocycles. The third-order valence-corrected chi connectivity index (χ3v) is 3.90. The number of hydrogen-bond donors (Lipinski definition) is 2. The van der Waals surface area contributed by atoms with Gasteiger partial charge in [0.25, 0.3) is 5.91 Å². The molecule has 0 radical (unpaired) electrons. The predicted molar refractivity (Wildman–Crippen MR) is 74.0 cm³/mol. The number of piperidine rings is 1. The molecule has 2 rings (SSSR count). The van der Waals surface area contributed by atoms with Crippen molar-refractivity contribution in [2.24, 2.45) is 5.92 Å². The first kappa shape index (κ1) is 15.8. The third-order valence-electron chi connectivity index (χ3n) is 3.90. The largest absolute Gasteiger partial charge is 0.416 e. The Morgan fingerprint density at radius 2 is 2.00 bits per heavy atom. The Morgan fingerprint density at radius 1 is 1.33 bits per heavy atom. The van der Waals surface area contributed by atoms with Gasteiger partial charge in [-0.25, -0.2) is 0 Å². The van der Waals surface area contributed by atoms with E-state index >= 15 is 0 Å². The van der Waals surface area contributed by atoms with Crippen LogP contribution in [0.1, 0.15) is 35.7 Å². The van der Waals surface area contributed by atoms with Crippen molar-refractivity contribution in [1.82, 2.24) is 10.6 Å². The lowest BCUT2D eigenvalue weighted by Crippen LogP contribution is -2.42. The summed E-state index contributed by atoms with van der Waals surface area (Å²) in [5.74, 6) is -0.0897. The van der Waals surface area contributed by atoms with E-state index in [4.69, 9.17) is 0 Å². The second-order valence-corrected chi connectivity index (χ2v) is 5.43. The van der Waals surface area contributed by atoms with Gasteiger partial charge in [0.1, 0.15) is 0 Å². The van der Waals surface area contributed by atoms with Gasteiger partial charge in [0.15, 0.2) is 0 Å². The quantitative estimate of drug-likeness (QED) is 0.901. The average Bonchev–Trinajstić information content (AvgIpc) is 2.47. The molecule has 1 aliphatic rings. The van der Waals surface area contributed by atoms with E-state index in [0.717, 1.165) is 38.1 Å². The van der Waals surface area contributed by atoms with Gasteiger partial charge >= 0.3 is 6.18 Å². The lowest BCUT2D eigenvalue weighted by atomic mass is 9.91. The molecule has 1 aliphatic heterocycles. The first-order chi connectivity index (χ1) is 9.88. The highest BCUT2D eigenvalue weighted by molar-refractivity contribution is 5.94. The SMILES string of the molecule is CC(NC(=O)c1cccc(C(F)(F)F)c1)C1CCNCC1. The van der Waals surface area contributed by atoms with E-state index in [1.807, 2.05) is 6.92 Å². The van der Waals surface area contributed by atoms with Crippen molar-refractivity contribution >= 4 is 5.91 Å². The minimum absolute atomic E-state index is 0.0469. The number of carbonyl (C=O) groups is 1. The number of hydrogen-bond acceptors (Lipinski definition) is 2. The van der Waals surface area contributed by atoms with E-state index in [1.165, 1.54) is 12.1 Å². The number of benzene rings is 1. The summed E-state index contributed by atoms with van der Waals surface area (Å²) in [5.41, 5.74) is -0.754. The minimum Gasteiger partial charge on any atom is -0.349 e. The molecule has 1 atom stereocenters. The van der Waals surface area contributed by atoms with Crippen LogP contribution in [-0.2, 0) is 6.18 Å². The Balaban J connectivity index is 2.02. The molecule has 0 spiro atoms. The average molecular weight is 300 g/mol. The highest BCUT2D eigenvalue weighted by Gasteiger charge is 2.31. The topological polar surface area (TPSA) is 41.1 Å². The van der Waals surface area contributed by atoms with Gasteiger partial charge in [0, 0.05) is 11.6 Å². The molecule has 1 aromatic rings. The summed E-state index contributed by atoms with van der Waals surface area (Å²) in [5, 5.41) is 6.05. The second-order valence-electron chi connectivity index (χ2n) is 5.43. The first-order valence-corrected chi connectivity index (χ1v) is 7.07. The van der Waals surface area contributed by atoms with Gasteiger partial charge in [0.2, 0.25) is 0 Å². The highest BCUT2D eigenvalue weighted by atomic mass is 19.4. The van der Waals surface area contributed by atoms with Crippen molar-refractivity contribution in [3.8, 4) is 0 Å². The second kappa shape index (κ2) is 6.47. The Labute approximate surface area is 121 Å². The van der Waals surface area contributed by atoms with Crippen LogP contribution < -0.4 is 10.6 Å². The van der Waals surface area contributed by atoms with Crippen LogP contribution in [0.3, 0.4) is 0 Å². The lowest BCUT2D eigenvalue weighted by Gasteiger charge is -2.28. The first-order valence-electron chi connectivity index (χ1n) is 7.07. The van der Waals surface area contributed by atoms with Gasteiger partial charge in [-0.2, -0.15) is 13.2 Å². The fourth-order valence-electron chi connectivity index (χ4n) is 2.59. The fourth-order valence-corrected chi connectivity index (χ4v) is 2.59. The number of nitrogens with one attached hydrogen (secondary N) is 2. The molecule has 1 heterocycles. The fraction of sp³-hybridized carbons (Fsp3) is 0.533. The monoisotopic (exact) mass is 300 g/mol. The van der Waals surface area contributed by atoms with Gasteiger partial charge < -0.3 is 10.6 Å². The molecular formula is C15H19F3N2O. The van der Waals surface area contributed by atoms with Crippen molar-refractivity contribution in [3.05, 3.63) is 35.4 Å². The van der Waals surface area contributed by atoms with E-state index in [9.17, 15) is 18.0 Å². The number of amides is 1. The molecular weight excluding hydrogens is 281 g/mol. The third kappa shape index (κ3) is 4.20. The molecule has 21 heavy (non-hydrogen) atoms. The Kier molecular flexibility index (Phi) is 4.88. The molecule has 1 fully saturated rings. The van der Waals surface area contributed by atoms with E-state index in [0.29, 0.717) is 5.92 Å². The van der Waals surface area contributed by atoms with Crippen molar-refractivity contribution < 1.29 is 18.0 Å². The molecule has 116 valence electrons. The number of rotatable bonds is 3. The van der Waals surface area contributed by atoms with Gasteiger partial charge in [-0.05, 0) is 57.0 Å². The van der Waals surface area contributed by atoms with E-state index in [-0.39, 0.29) is 11.6 Å². The van der Waals surface area contributed by atoms with Crippen LogP contribution >= 0.6 is 0 Å². The summed E-state index contributed by atoms with van der Waals surface area (Å²) in [6.45, 7) is 3.73. The van der Waals surface area contributed by atoms with Crippen LogP contribution in [0.25, 0.3) is 0 Å². The Bertz CT molecular complexity index is 496. The molecule has 1 amide bonds. The normalized spacial score (nSPS) is 18.3. The van der Waals surface area contributed by atoms with Gasteiger partial charge in [0.05, 0.1) is 5.56 Å². The van der Waals surface area contributed by atoms with Crippen molar-refractivity contribution in [2.75, 3.05) is 13.1 Å². The minimum atomic E-state index is -4.43. The van der Waals surface area contributed by atoms with Crippen molar-refractivity contribution in [1.29, 1.82) is 0 Å². The summed E-state index contributed by atoms with van der Waals surface area (Å²) in [6.07, 6.45) is -2.51. The molecule has 0 bridgehead atoms. The standard InChI is InChI=1S/C15H19F3N2O/c1-10(11-5-7-19-8-6-11)20-14(21)12-3-2-4-13(9-12)15(16,17)18/h2-4,9-11,19H,5-8H2,1H3,(H,20,21). The maximum Gasteiger partial charge on any atom is 0.416 e. The van der Waals surface area contributed by atoms with Crippen LogP contribution in [0.15, 0.2) is 24.3 Å². The molecule has 3 nitrogen and oxygen atoms in total. The molecule has 2 N–H and O–H groups in total. The summed E-state index contributed by atoms with van der Waals surface area (Å²) in [4.78, 5) is 12.1. The zero-order chi connectivity index (χ0) is 15.5. The van der Waals surface area contributed by atoms with E-state index < -0.39 is 17.6 Å². The Hall–Kier alpha value is -1.56. The molecule has 6 heteroatoms. The molecule has 0 aromatic heterocycles.